The molecule has 4 rings (SSSR count). The maximum Gasteiger partial charge on any atom is 0.200 e. The van der Waals surface area contributed by atoms with Gasteiger partial charge in [-0.3, -0.25) is 0 Å². The van der Waals surface area contributed by atoms with Gasteiger partial charge in [-0.05, 0) is 0 Å². The number of benzene rings is 4. The Morgan fingerprint density at radius 1 is 0.410 bits per heavy atom. The van der Waals surface area contributed by atoms with Crippen LogP contribution >= 0.6 is 0 Å². The second-order valence-electron chi connectivity index (χ2n) is 8.50. The van der Waals surface area contributed by atoms with Crippen LogP contribution < -0.4 is 21.9 Å². The van der Waals surface area contributed by atoms with Crippen LogP contribution in [0.15, 0.2) is 61.7 Å². The van der Waals surface area contributed by atoms with Crippen molar-refractivity contribution in [2.24, 2.45) is 0 Å². The fraction of sp³-hybridized carbons (Fsp3) is 0. The minimum Gasteiger partial charge on any atom is -0.207 e. The molecule has 0 radical (unpaired) electrons. The molecule has 0 nitrogen and oxygen atoms in total. The lowest BCUT2D eigenvalue weighted by Crippen LogP contribution is -2.79. The molecule has 0 saturated carbocycles. The molecular formula is C28H14BF10-. The number of rotatable bonds is 6. The van der Waals surface area contributed by atoms with E-state index in [1.165, 1.54) is 36.4 Å². The third-order valence-corrected chi connectivity index (χ3v) is 6.72. The van der Waals surface area contributed by atoms with Crippen LogP contribution in [-0.2, 0) is 0 Å². The lowest BCUT2D eigenvalue weighted by Gasteiger charge is -2.46. The fourth-order valence-corrected chi connectivity index (χ4v) is 5.12. The zero-order valence-corrected chi connectivity index (χ0v) is 19.5. The monoisotopic (exact) mass is 551 g/mol. The van der Waals surface area contributed by atoms with Gasteiger partial charge in [0.2, 0.25) is 0 Å². The Morgan fingerprint density at radius 3 is 0.949 bits per heavy atom. The van der Waals surface area contributed by atoms with Crippen LogP contribution in [-0.4, -0.2) is 6.15 Å². The summed E-state index contributed by atoms with van der Waals surface area (Å²) < 4.78 is 150. The van der Waals surface area contributed by atoms with Crippen molar-refractivity contribution in [2.45, 2.75) is 0 Å². The Kier molecular flexibility index (Phi) is 7.20. The maximum atomic E-state index is 15.7. The molecule has 0 heterocycles. The second kappa shape index (κ2) is 10.1. The van der Waals surface area contributed by atoms with Crippen molar-refractivity contribution in [3.63, 3.8) is 0 Å². The van der Waals surface area contributed by atoms with Gasteiger partial charge in [0, 0.05) is 0 Å². The highest BCUT2D eigenvalue weighted by atomic mass is 19.2. The quantitative estimate of drug-likeness (QED) is 0.124. The summed E-state index contributed by atoms with van der Waals surface area (Å²) in [6.45, 7) is 7.03. The molecule has 11 heteroatoms. The van der Waals surface area contributed by atoms with Crippen LogP contribution in [0, 0.1) is 58.2 Å². The van der Waals surface area contributed by atoms with Gasteiger partial charge in [0.1, 0.15) is 29.4 Å². The van der Waals surface area contributed by atoms with Gasteiger partial charge in [-0.1, -0.05) is 85.0 Å². The van der Waals surface area contributed by atoms with Crippen molar-refractivity contribution in [2.75, 3.05) is 0 Å². The first kappa shape index (κ1) is 27.8. The molecule has 0 atom stereocenters. The molecule has 0 aliphatic carbocycles. The molecule has 39 heavy (non-hydrogen) atoms. The van der Waals surface area contributed by atoms with Gasteiger partial charge in [-0.2, -0.15) is 10.9 Å². The Balaban J connectivity index is 2.53. The van der Waals surface area contributed by atoms with Crippen molar-refractivity contribution < 1.29 is 43.9 Å². The number of hydrogen-bond donors (Lipinski definition) is 0. The molecule has 0 fully saturated rings. The Labute approximate surface area is 215 Å². The van der Waals surface area contributed by atoms with E-state index in [0.717, 1.165) is 24.3 Å². The van der Waals surface area contributed by atoms with E-state index in [9.17, 15) is 26.3 Å². The van der Waals surface area contributed by atoms with Crippen LogP contribution in [0.25, 0.3) is 12.2 Å². The average Bonchev–Trinajstić information content (AvgIpc) is 2.96. The molecule has 4 aromatic rings. The smallest absolute Gasteiger partial charge is 0.200 e. The van der Waals surface area contributed by atoms with E-state index in [2.05, 4.69) is 13.2 Å². The highest BCUT2D eigenvalue weighted by Crippen LogP contribution is 2.26. The van der Waals surface area contributed by atoms with E-state index in [1.807, 2.05) is 0 Å². The normalized spacial score (nSPS) is 11.5. The summed E-state index contributed by atoms with van der Waals surface area (Å²) in [4.78, 5) is 0. The first-order valence-corrected chi connectivity index (χ1v) is 11.1. The minimum absolute atomic E-state index is 0.163. The highest BCUT2D eigenvalue weighted by molar-refractivity contribution is 7.20. The van der Waals surface area contributed by atoms with E-state index in [1.54, 1.807) is 0 Å². The van der Waals surface area contributed by atoms with Gasteiger partial charge in [0.15, 0.2) is 34.9 Å². The number of hydrogen-bond acceptors (Lipinski definition) is 0. The minimum atomic E-state index is -4.43. The van der Waals surface area contributed by atoms with E-state index >= 15 is 17.6 Å². The average molecular weight is 551 g/mol. The van der Waals surface area contributed by atoms with Gasteiger partial charge >= 0.3 is 0 Å². The van der Waals surface area contributed by atoms with Gasteiger partial charge in [0.25, 0.3) is 0 Å². The molecule has 0 aliphatic heterocycles. The largest absolute Gasteiger partial charge is 0.207 e. The summed E-state index contributed by atoms with van der Waals surface area (Å²) in [5.41, 5.74) is -5.06. The summed E-state index contributed by atoms with van der Waals surface area (Å²) >= 11 is 0. The molecule has 0 N–H and O–H groups in total. The Bertz CT molecular complexity index is 1480. The molecule has 0 spiro atoms. The summed E-state index contributed by atoms with van der Waals surface area (Å²) in [5.74, 6) is -25.3. The molecular weight excluding hydrogens is 537 g/mol. The van der Waals surface area contributed by atoms with Crippen LogP contribution in [0.3, 0.4) is 0 Å². The zero-order chi connectivity index (χ0) is 28.8. The Hall–Kier alpha value is -4.28. The second-order valence-corrected chi connectivity index (χ2v) is 8.50. The summed E-state index contributed by atoms with van der Waals surface area (Å²) in [6.07, 6.45) is -2.37. The Morgan fingerprint density at radius 2 is 0.667 bits per heavy atom. The van der Waals surface area contributed by atoms with Crippen LogP contribution in [0.2, 0.25) is 0 Å². The van der Waals surface area contributed by atoms with Gasteiger partial charge < -0.3 is 0 Å². The van der Waals surface area contributed by atoms with Crippen LogP contribution in [0.4, 0.5) is 43.9 Å². The first-order chi connectivity index (χ1) is 18.5. The van der Waals surface area contributed by atoms with Crippen LogP contribution in [0.5, 0.6) is 0 Å². The van der Waals surface area contributed by atoms with E-state index in [4.69, 9.17) is 0 Å². The van der Waals surface area contributed by atoms with Crippen molar-refractivity contribution in [1.29, 1.82) is 0 Å². The number of halogens is 10. The molecule has 0 bridgehead atoms. The topological polar surface area (TPSA) is 0 Å². The predicted octanol–water partition coefficient (Wildman–Crippen LogP) is 5.74. The standard InChI is InChI=1S/C28H14BF10/c1-3-13-9-5-7-11-15(13)29(16-12-8-6-10-14(16)4-2,17-19(30)23(34)27(38)24(35)20(17)31)18-21(32)25(36)28(39)26(37)22(18)33/h3-12H,1-2H2/q-1. The summed E-state index contributed by atoms with van der Waals surface area (Å²) in [6, 6.07) is 9.51. The molecule has 0 aromatic heterocycles. The fourth-order valence-electron chi connectivity index (χ4n) is 5.12. The molecule has 0 amide bonds. The molecule has 0 aliphatic rings. The van der Waals surface area contributed by atoms with Crippen molar-refractivity contribution in [3.05, 3.63) is 131 Å². The van der Waals surface area contributed by atoms with Gasteiger partial charge in [0.05, 0.1) is 0 Å². The van der Waals surface area contributed by atoms with E-state index in [-0.39, 0.29) is 11.1 Å². The van der Waals surface area contributed by atoms with Crippen molar-refractivity contribution in [3.8, 4) is 0 Å². The molecule has 4 aromatic carbocycles. The van der Waals surface area contributed by atoms with Crippen molar-refractivity contribution in [1.82, 2.24) is 0 Å². The summed E-state index contributed by atoms with van der Waals surface area (Å²) in [5, 5.41) is 0. The SMILES string of the molecule is C=Cc1ccccc1[B-](c1ccccc1C=C)(c1c(F)c(F)c(F)c(F)c1F)c1c(F)c(F)c(F)c(F)c1F. The van der Waals surface area contributed by atoms with Crippen LogP contribution in [0.1, 0.15) is 11.1 Å². The van der Waals surface area contributed by atoms with E-state index < -0.39 is 86.2 Å². The molecule has 200 valence electrons. The lowest BCUT2D eigenvalue weighted by atomic mass is 9.12. The highest BCUT2D eigenvalue weighted by Gasteiger charge is 2.46. The lowest BCUT2D eigenvalue weighted by molar-refractivity contribution is 0.382. The summed E-state index contributed by atoms with van der Waals surface area (Å²) in [7, 11) is 0. The predicted molar refractivity (Wildman–Crippen MR) is 130 cm³/mol. The third-order valence-electron chi connectivity index (χ3n) is 6.72. The maximum absolute atomic E-state index is 15.7. The van der Waals surface area contributed by atoms with Gasteiger partial charge in [-0.25, -0.2) is 43.9 Å². The molecule has 0 unspecified atom stereocenters. The van der Waals surface area contributed by atoms with Crippen molar-refractivity contribution >= 4 is 40.1 Å². The molecule has 0 saturated heterocycles. The third kappa shape index (κ3) is 3.86. The van der Waals surface area contributed by atoms with Gasteiger partial charge in [-0.15, -0.1) is 10.9 Å². The van der Waals surface area contributed by atoms with E-state index in [0.29, 0.717) is 0 Å². The zero-order valence-electron chi connectivity index (χ0n) is 19.5. The first-order valence-electron chi connectivity index (χ1n) is 11.1.